The summed E-state index contributed by atoms with van der Waals surface area (Å²) in [7, 11) is 0. The molecule has 1 aromatic rings. The Bertz CT molecular complexity index is 476. The van der Waals surface area contributed by atoms with Crippen LogP contribution in [0.3, 0.4) is 0 Å². The lowest BCUT2D eigenvalue weighted by Crippen LogP contribution is -2.24. The molecular weight excluding hydrogens is 224 g/mol. The van der Waals surface area contributed by atoms with Gasteiger partial charge in [-0.2, -0.15) is 5.26 Å². The first kappa shape index (κ1) is 12.9. The third-order valence-corrected chi connectivity index (χ3v) is 3.59. The van der Waals surface area contributed by atoms with Crippen LogP contribution >= 0.6 is 0 Å². The summed E-state index contributed by atoms with van der Waals surface area (Å²) in [6, 6.07) is 4.08. The van der Waals surface area contributed by atoms with E-state index in [-0.39, 0.29) is 6.10 Å². The van der Waals surface area contributed by atoms with E-state index in [1.54, 1.807) is 0 Å². The molecule has 2 rings (SSSR count). The fourth-order valence-electron chi connectivity index (χ4n) is 2.69. The van der Waals surface area contributed by atoms with Crippen molar-refractivity contribution in [1.29, 1.82) is 5.26 Å². The van der Waals surface area contributed by atoms with E-state index in [1.165, 1.54) is 12.8 Å². The van der Waals surface area contributed by atoms with Gasteiger partial charge in [-0.3, -0.25) is 4.98 Å². The lowest BCUT2D eigenvalue weighted by atomic mass is 9.88. The Labute approximate surface area is 109 Å². The lowest BCUT2D eigenvalue weighted by molar-refractivity contribution is 0.128. The maximum atomic E-state index is 9.20. The Hall–Kier alpha value is -1.56. The van der Waals surface area contributed by atoms with Crippen molar-refractivity contribution in [2.45, 2.75) is 52.6 Å². The first-order chi connectivity index (χ1) is 8.60. The molecule has 3 heteroatoms. The van der Waals surface area contributed by atoms with E-state index in [1.807, 2.05) is 19.9 Å². The van der Waals surface area contributed by atoms with Crippen molar-refractivity contribution in [1.82, 2.24) is 4.98 Å². The molecule has 18 heavy (non-hydrogen) atoms. The molecule has 0 aliphatic heterocycles. The third-order valence-electron chi connectivity index (χ3n) is 3.59. The Kier molecular flexibility index (Phi) is 3.86. The maximum absolute atomic E-state index is 9.20. The highest BCUT2D eigenvalue weighted by atomic mass is 16.5. The van der Waals surface area contributed by atoms with Gasteiger partial charge in [0, 0.05) is 11.8 Å². The molecule has 1 fully saturated rings. The highest BCUT2D eigenvalue weighted by Crippen LogP contribution is 2.29. The van der Waals surface area contributed by atoms with Gasteiger partial charge in [-0.1, -0.05) is 13.3 Å². The van der Waals surface area contributed by atoms with E-state index in [2.05, 4.69) is 18.0 Å². The summed E-state index contributed by atoms with van der Waals surface area (Å²) in [6.45, 7) is 6.07. The molecule has 0 spiro atoms. The number of ether oxygens (including phenoxy) is 1. The monoisotopic (exact) mass is 244 g/mol. The highest BCUT2D eigenvalue weighted by molar-refractivity contribution is 5.46. The fourth-order valence-corrected chi connectivity index (χ4v) is 2.69. The number of rotatable bonds is 2. The molecule has 0 radical (unpaired) electrons. The summed E-state index contributed by atoms with van der Waals surface area (Å²) < 4.78 is 6.05. The number of aromatic nitrogens is 1. The van der Waals surface area contributed by atoms with E-state index >= 15 is 0 Å². The van der Waals surface area contributed by atoms with Gasteiger partial charge in [-0.05, 0) is 39.0 Å². The molecule has 0 amide bonds. The van der Waals surface area contributed by atoms with Crippen LogP contribution in [0, 0.1) is 31.1 Å². The number of aryl methyl sites for hydroxylation is 2. The molecule has 0 saturated heterocycles. The van der Waals surface area contributed by atoms with Crippen LogP contribution in [0.2, 0.25) is 0 Å². The lowest BCUT2D eigenvalue weighted by Gasteiger charge is -2.27. The van der Waals surface area contributed by atoms with Crippen molar-refractivity contribution >= 4 is 0 Å². The molecule has 0 bridgehead atoms. The molecule has 0 N–H and O–H groups in total. The SMILES string of the molecule is Cc1cc(OC2CCCC(C)C2)c(C#N)c(C)n1. The van der Waals surface area contributed by atoms with Crippen molar-refractivity contribution in [3.63, 3.8) is 0 Å². The minimum atomic E-state index is 0.252. The smallest absolute Gasteiger partial charge is 0.141 e. The van der Waals surface area contributed by atoms with Crippen LogP contribution in [0.15, 0.2) is 6.07 Å². The molecule has 1 aromatic heterocycles. The Morgan fingerprint density at radius 2 is 2.17 bits per heavy atom. The highest BCUT2D eigenvalue weighted by Gasteiger charge is 2.22. The van der Waals surface area contributed by atoms with Crippen molar-refractivity contribution < 1.29 is 4.74 Å². The third kappa shape index (κ3) is 2.81. The summed E-state index contributed by atoms with van der Waals surface area (Å²) >= 11 is 0. The Morgan fingerprint density at radius 1 is 1.39 bits per heavy atom. The van der Waals surface area contributed by atoms with Crippen LogP contribution < -0.4 is 4.74 Å². The van der Waals surface area contributed by atoms with Gasteiger partial charge in [0.05, 0.1) is 11.8 Å². The largest absolute Gasteiger partial charge is 0.489 e. The quantitative estimate of drug-likeness (QED) is 0.799. The zero-order chi connectivity index (χ0) is 13.1. The van der Waals surface area contributed by atoms with Gasteiger partial charge in [-0.25, -0.2) is 0 Å². The number of nitriles is 1. The van der Waals surface area contributed by atoms with Crippen molar-refractivity contribution in [2.24, 2.45) is 5.92 Å². The second-order valence-corrected chi connectivity index (χ2v) is 5.35. The summed E-state index contributed by atoms with van der Waals surface area (Å²) in [5, 5.41) is 9.20. The molecule has 2 unspecified atom stereocenters. The van der Waals surface area contributed by atoms with E-state index in [0.29, 0.717) is 11.3 Å². The molecule has 1 saturated carbocycles. The minimum absolute atomic E-state index is 0.252. The second-order valence-electron chi connectivity index (χ2n) is 5.35. The van der Waals surface area contributed by atoms with Gasteiger partial charge in [0.2, 0.25) is 0 Å². The molecule has 2 atom stereocenters. The molecule has 1 aliphatic rings. The van der Waals surface area contributed by atoms with Crippen LogP contribution in [-0.2, 0) is 0 Å². The number of hydrogen-bond acceptors (Lipinski definition) is 3. The molecule has 0 aromatic carbocycles. The van der Waals surface area contributed by atoms with Gasteiger partial charge in [0.1, 0.15) is 17.4 Å². The van der Waals surface area contributed by atoms with Crippen LogP contribution in [-0.4, -0.2) is 11.1 Å². The van der Waals surface area contributed by atoms with Gasteiger partial charge in [0.15, 0.2) is 0 Å². The van der Waals surface area contributed by atoms with Crippen LogP contribution in [0.1, 0.15) is 49.6 Å². The topological polar surface area (TPSA) is 45.9 Å². The summed E-state index contributed by atoms with van der Waals surface area (Å²) in [5.74, 6) is 1.43. The first-order valence-electron chi connectivity index (χ1n) is 6.65. The summed E-state index contributed by atoms with van der Waals surface area (Å²) in [5.41, 5.74) is 2.25. The Balaban J connectivity index is 2.20. The number of nitrogens with zero attached hydrogens (tertiary/aromatic N) is 2. The molecule has 96 valence electrons. The maximum Gasteiger partial charge on any atom is 0.141 e. The van der Waals surface area contributed by atoms with E-state index in [9.17, 15) is 5.26 Å². The Morgan fingerprint density at radius 3 is 2.83 bits per heavy atom. The molecule has 1 aliphatic carbocycles. The van der Waals surface area contributed by atoms with Crippen LogP contribution in [0.5, 0.6) is 5.75 Å². The zero-order valence-corrected chi connectivity index (χ0v) is 11.4. The average molecular weight is 244 g/mol. The van der Waals surface area contributed by atoms with Crippen LogP contribution in [0.4, 0.5) is 0 Å². The predicted molar refractivity (Wildman–Crippen MR) is 70.5 cm³/mol. The van der Waals surface area contributed by atoms with E-state index in [0.717, 1.165) is 30.1 Å². The predicted octanol–water partition coefficient (Wildman–Crippen LogP) is 3.53. The normalized spacial score (nSPS) is 23.4. The number of pyridine rings is 1. The fraction of sp³-hybridized carbons (Fsp3) is 0.600. The minimum Gasteiger partial charge on any atom is -0.489 e. The van der Waals surface area contributed by atoms with Gasteiger partial charge >= 0.3 is 0 Å². The molecule has 1 heterocycles. The van der Waals surface area contributed by atoms with E-state index in [4.69, 9.17) is 4.74 Å². The van der Waals surface area contributed by atoms with Crippen molar-refractivity contribution in [2.75, 3.05) is 0 Å². The van der Waals surface area contributed by atoms with Gasteiger partial charge in [0.25, 0.3) is 0 Å². The van der Waals surface area contributed by atoms with Gasteiger partial charge in [-0.15, -0.1) is 0 Å². The number of hydrogen-bond donors (Lipinski definition) is 0. The van der Waals surface area contributed by atoms with Crippen molar-refractivity contribution in [3.8, 4) is 11.8 Å². The van der Waals surface area contributed by atoms with Crippen LogP contribution in [0.25, 0.3) is 0 Å². The van der Waals surface area contributed by atoms with E-state index < -0.39 is 0 Å². The van der Waals surface area contributed by atoms with Gasteiger partial charge < -0.3 is 4.74 Å². The summed E-state index contributed by atoms with van der Waals surface area (Å²) in [6.07, 6.45) is 4.94. The first-order valence-corrected chi connectivity index (χ1v) is 6.65. The summed E-state index contributed by atoms with van der Waals surface area (Å²) in [4.78, 5) is 4.31. The molecular formula is C15H20N2O. The average Bonchev–Trinajstić information content (AvgIpc) is 2.28. The second kappa shape index (κ2) is 5.39. The van der Waals surface area contributed by atoms with Crippen molar-refractivity contribution in [3.05, 3.63) is 23.0 Å². The zero-order valence-electron chi connectivity index (χ0n) is 11.4. The molecule has 3 nitrogen and oxygen atoms in total. The standard InChI is InChI=1S/C15H20N2O/c1-10-5-4-6-13(7-10)18-15-8-11(2)17-12(3)14(15)9-16/h8,10,13H,4-7H2,1-3H3.